The lowest BCUT2D eigenvalue weighted by molar-refractivity contribution is -0.146. The molecule has 0 amide bonds. The first-order valence-electron chi connectivity index (χ1n) is 5.78. The van der Waals surface area contributed by atoms with Crippen molar-refractivity contribution in [1.82, 2.24) is 4.31 Å². The van der Waals surface area contributed by atoms with Crippen molar-refractivity contribution in [3.8, 4) is 0 Å². The fraction of sp³-hybridized carbons (Fsp3) is 0.545. The summed E-state index contributed by atoms with van der Waals surface area (Å²) in [4.78, 5) is 11.5. The minimum Gasteiger partial charge on any atom is -0.469 e. The van der Waals surface area contributed by atoms with Crippen molar-refractivity contribution in [2.45, 2.75) is 17.1 Å². The predicted octanol–water partition coefficient (Wildman–Crippen LogP) is 2.08. The highest BCUT2D eigenvalue weighted by Gasteiger charge is 2.34. The molecule has 1 aromatic rings. The van der Waals surface area contributed by atoms with Gasteiger partial charge in [0.1, 0.15) is 4.21 Å². The van der Waals surface area contributed by atoms with Crippen LogP contribution >= 0.6 is 27.3 Å². The molecule has 0 aliphatic carbocycles. The van der Waals surface area contributed by atoms with Gasteiger partial charge in [0.2, 0.25) is 0 Å². The van der Waals surface area contributed by atoms with Crippen LogP contribution in [0, 0.1) is 5.92 Å². The molecule has 0 unspecified atom stereocenters. The number of hydrogen-bond donors (Lipinski definition) is 0. The molecule has 0 bridgehead atoms. The van der Waals surface area contributed by atoms with Crippen LogP contribution in [0.4, 0.5) is 0 Å². The highest BCUT2D eigenvalue weighted by Crippen LogP contribution is 2.30. The van der Waals surface area contributed by atoms with Gasteiger partial charge in [0.15, 0.2) is 0 Å². The molecular weight excluding hydrogens is 354 g/mol. The number of carbonyl (C=O) groups excluding carboxylic acids is 1. The first-order chi connectivity index (χ1) is 8.95. The second-order valence-corrected chi connectivity index (χ2v) is 8.91. The van der Waals surface area contributed by atoms with Gasteiger partial charge in [-0.1, -0.05) is 0 Å². The summed E-state index contributed by atoms with van der Waals surface area (Å²) in [7, 11) is -2.18. The Morgan fingerprint density at radius 1 is 1.53 bits per heavy atom. The molecule has 106 valence electrons. The van der Waals surface area contributed by atoms with E-state index >= 15 is 0 Å². The number of thiophene rings is 1. The maximum absolute atomic E-state index is 12.4. The van der Waals surface area contributed by atoms with E-state index in [1.807, 2.05) is 0 Å². The summed E-state index contributed by atoms with van der Waals surface area (Å²) in [6.07, 6.45) is 1.35. The van der Waals surface area contributed by atoms with Gasteiger partial charge in [-0.25, -0.2) is 8.42 Å². The van der Waals surface area contributed by atoms with Crippen molar-refractivity contribution in [3.63, 3.8) is 0 Å². The van der Waals surface area contributed by atoms with E-state index in [1.54, 1.807) is 12.1 Å². The Bertz CT molecular complexity index is 569. The Labute approximate surface area is 124 Å². The standard InChI is InChI=1S/C11H14BrNO4S2/c1-17-11(14)8-3-2-6-13(7-8)19(15,16)10-5-4-9(12)18-10/h4-5,8H,2-3,6-7H2,1H3/t8-/m0/s1. The molecule has 19 heavy (non-hydrogen) atoms. The molecule has 5 nitrogen and oxygen atoms in total. The summed E-state index contributed by atoms with van der Waals surface area (Å²) in [5.74, 6) is -0.704. The van der Waals surface area contributed by atoms with E-state index in [2.05, 4.69) is 15.9 Å². The monoisotopic (exact) mass is 367 g/mol. The first kappa shape index (κ1) is 15.0. The normalized spacial score (nSPS) is 21.3. The third kappa shape index (κ3) is 3.18. The second-order valence-electron chi connectivity index (χ2n) is 4.28. The lowest BCUT2D eigenvalue weighted by Crippen LogP contribution is -2.42. The van der Waals surface area contributed by atoms with Crippen LogP contribution in [0.15, 0.2) is 20.1 Å². The molecule has 1 saturated heterocycles. The Morgan fingerprint density at radius 2 is 2.26 bits per heavy atom. The maximum atomic E-state index is 12.4. The van der Waals surface area contributed by atoms with Crippen LogP contribution in [0.2, 0.25) is 0 Å². The van der Waals surface area contributed by atoms with Crippen LogP contribution < -0.4 is 0 Å². The van der Waals surface area contributed by atoms with Gasteiger partial charge in [0.25, 0.3) is 10.0 Å². The molecule has 1 atom stereocenters. The molecular formula is C11H14BrNO4S2. The van der Waals surface area contributed by atoms with Gasteiger partial charge in [0, 0.05) is 13.1 Å². The van der Waals surface area contributed by atoms with Crippen molar-refractivity contribution in [1.29, 1.82) is 0 Å². The smallest absolute Gasteiger partial charge is 0.309 e. The number of halogens is 1. The highest BCUT2D eigenvalue weighted by molar-refractivity contribution is 9.11. The number of ether oxygens (including phenoxy) is 1. The van der Waals surface area contributed by atoms with Gasteiger partial charge in [-0.3, -0.25) is 4.79 Å². The minimum atomic E-state index is -3.50. The first-order valence-corrected chi connectivity index (χ1v) is 8.83. The van der Waals surface area contributed by atoms with E-state index in [0.717, 1.165) is 3.79 Å². The number of piperidine rings is 1. The number of methoxy groups -OCH3 is 1. The molecule has 1 aliphatic rings. The van der Waals surface area contributed by atoms with E-state index < -0.39 is 10.0 Å². The van der Waals surface area contributed by atoms with E-state index in [0.29, 0.717) is 23.6 Å². The van der Waals surface area contributed by atoms with Crippen molar-refractivity contribution < 1.29 is 17.9 Å². The van der Waals surface area contributed by atoms with Gasteiger partial charge in [0.05, 0.1) is 16.8 Å². The summed E-state index contributed by atoms with van der Waals surface area (Å²) in [6, 6.07) is 3.28. The maximum Gasteiger partial charge on any atom is 0.309 e. The van der Waals surface area contributed by atoms with Crippen molar-refractivity contribution in [2.24, 2.45) is 5.92 Å². The zero-order valence-corrected chi connectivity index (χ0v) is 13.6. The molecule has 2 rings (SSSR count). The summed E-state index contributed by atoms with van der Waals surface area (Å²) >= 11 is 4.43. The minimum absolute atomic E-state index is 0.199. The van der Waals surface area contributed by atoms with Gasteiger partial charge in [-0.05, 0) is 40.9 Å². The van der Waals surface area contributed by atoms with Crippen LogP contribution in [0.25, 0.3) is 0 Å². The molecule has 0 radical (unpaired) electrons. The lowest BCUT2D eigenvalue weighted by atomic mass is 10.0. The number of nitrogens with zero attached hydrogens (tertiary/aromatic N) is 1. The fourth-order valence-corrected chi connectivity index (χ4v) is 5.77. The predicted molar refractivity (Wildman–Crippen MR) is 75.5 cm³/mol. The second kappa shape index (κ2) is 5.90. The molecule has 1 fully saturated rings. The quantitative estimate of drug-likeness (QED) is 0.767. The van der Waals surface area contributed by atoms with E-state index in [1.165, 1.54) is 22.8 Å². The van der Waals surface area contributed by atoms with E-state index in [4.69, 9.17) is 4.74 Å². The molecule has 0 saturated carbocycles. The van der Waals surface area contributed by atoms with Crippen LogP contribution in [-0.4, -0.2) is 38.9 Å². The lowest BCUT2D eigenvalue weighted by Gasteiger charge is -2.29. The van der Waals surface area contributed by atoms with Crippen LogP contribution in [0.1, 0.15) is 12.8 Å². The molecule has 0 N–H and O–H groups in total. The van der Waals surface area contributed by atoms with Crippen molar-refractivity contribution >= 4 is 43.3 Å². The molecule has 1 aromatic heterocycles. The average Bonchev–Trinajstić information content (AvgIpc) is 2.85. The molecule has 0 spiro atoms. The van der Waals surface area contributed by atoms with Crippen molar-refractivity contribution in [2.75, 3.05) is 20.2 Å². The molecule has 2 heterocycles. The largest absolute Gasteiger partial charge is 0.469 e. The van der Waals surface area contributed by atoms with Gasteiger partial charge in [-0.2, -0.15) is 4.31 Å². The summed E-state index contributed by atoms with van der Waals surface area (Å²) in [5.41, 5.74) is 0. The number of rotatable bonds is 3. The van der Waals surface area contributed by atoms with E-state index in [-0.39, 0.29) is 18.4 Å². The number of carbonyl (C=O) groups is 1. The number of sulfonamides is 1. The third-order valence-electron chi connectivity index (χ3n) is 3.06. The molecule has 0 aromatic carbocycles. The summed E-state index contributed by atoms with van der Waals surface area (Å²) in [6.45, 7) is 0.649. The zero-order chi connectivity index (χ0) is 14.0. The summed E-state index contributed by atoms with van der Waals surface area (Å²) in [5, 5.41) is 0. The average molecular weight is 368 g/mol. The summed E-state index contributed by atoms with van der Waals surface area (Å²) < 4.78 is 32.0. The van der Waals surface area contributed by atoms with Gasteiger partial charge in [-0.15, -0.1) is 11.3 Å². The highest BCUT2D eigenvalue weighted by atomic mass is 79.9. The number of esters is 1. The zero-order valence-electron chi connectivity index (χ0n) is 10.3. The Hall–Kier alpha value is -0.440. The Kier molecular flexibility index (Phi) is 4.65. The molecule has 8 heteroatoms. The molecule has 1 aliphatic heterocycles. The topological polar surface area (TPSA) is 63.7 Å². The third-order valence-corrected chi connectivity index (χ3v) is 7.02. The fourth-order valence-electron chi connectivity index (χ4n) is 2.08. The van der Waals surface area contributed by atoms with Crippen LogP contribution in [0.5, 0.6) is 0 Å². The van der Waals surface area contributed by atoms with Crippen LogP contribution in [-0.2, 0) is 19.6 Å². The van der Waals surface area contributed by atoms with Crippen LogP contribution in [0.3, 0.4) is 0 Å². The van der Waals surface area contributed by atoms with Gasteiger partial charge < -0.3 is 4.74 Å². The van der Waals surface area contributed by atoms with E-state index in [9.17, 15) is 13.2 Å². The number of hydrogen-bond acceptors (Lipinski definition) is 5. The Morgan fingerprint density at radius 3 is 2.84 bits per heavy atom. The SMILES string of the molecule is COC(=O)[C@H]1CCCN(S(=O)(=O)c2ccc(Br)s2)C1. The van der Waals surface area contributed by atoms with Crippen molar-refractivity contribution in [3.05, 3.63) is 15.9 Å². The Balaban J connectivity index is 2.19. The van der Waals surface area contributed by atoms with Gasteiger partial charge >= 0.3 is 5.97 Å².